The van der Waals surface area contributed by atoms with E-state index in [1.54, 1.807) is 47.4 Å². The number of aromatic nitrogens is 5. The monoisotopic (exact) mass is 744 g/mol. The molecule has 1 aliphatic rings. The number of carbonyl (C=O) groups excluding carboxylic acids is 3. The molecule has 0 saturated carbocycles. The molecule has 4 amide bonds. The fourth-order valence-electron chi connectivity index (χ4n) is 5.94. The van der Waals surface area contributed by atoms with E-state index in [0.717, 1.165) is 5.56 Å². The van der Waals surface area contributed by atoms with E-state index in [0.29, 0.717) is 65.3 Å². The van der Waals surface area contributed by atoms with Crippen molar-refractivity contribution in [3.05, 3.63) is 89.3 Å². The third-order valence-corrected chi connectivity index (χ3v) is 8.84. The second-order valence-corrected chi connectivity index (χ2v) is 12.8. The number of hydrogen-bond acceptors (Lipinski definition) is 10. The normalized spacial score (nSPS) is 13.7. The zero-order chi connectivity index (χ0) is 37.3. The molecule has 18 heteroatoms. The summed E-state index contributed by atoms with van der Waals surface area (Å²) in [6.45, 7) is 1.52. The number of aromatic amines is 1. The maximum atomic E-state index is 13.3. The number of amides is 4. The van der Waals surface area contributed by atoms with Gasteiger partial charge in [-0.15, -0.1) is 5.10 Å². The van der Waals surface area contributed by atoms with E-state index in [4.69, 9.17) is 21.4 Å². The second-order valence-electron chi connectivity index (χ2n) is 12.3. The van der Waals surface area contributed by atoms with Gasteiger partial charge in [0, 0.05) is 46.9 Å². The number of tetrazole rings is 1. The predicted molar refractivity (Wildman–Crippen MR) is 195 cm³/mol. The quantitative estimate of drug-likeness (QED) is 0.0866. The van der Waals surface area contributed by atoms with Gasteiger partial charge in [0.15, 0.2) is 0 Å². The lowest BCUT2D eigenvalue weighted by Crippen LogP contribution is -2.46. The van der Waals surface area contributed by atoms with Crippen LogP contribution in [-0.2, 0) is 20.7 Å². The van der Waals surface area contributed by atoms with E-state index in [9.17, 15) is 24.3 Å². The number of ether oxygens (including phenoxy) is 1. The number of nitrogens with one attached hydrogen (secondary N) is 5. The number of carbonyl (C=O) groups is 4. The summed E-state index contributed by atoms with van der Waals surface area (Å²) in [5.41, 5.74) is 3.41. The van der Waals surface area contributed by atoms with Crippen LogP contribution in [0.5, 0.6) is 0 Å². The Morgan fingerprint density at radius 1 is 0.962 bits per heavy atom. The number of likely N-dealkylation sites (tertiary alicyclic amines) is 1. The van der Waals surface area contributed by atoms with E-state index in [2.05, 4.69) is 41.8 Å². The number of piperidine rings is 1. The zero-order valence-corrected chi connectivity index (χ0v) is 29.0. The lowest BCUT2D eigenvalue weighted by atomic mass is 10.0. The fraction of sp³-hybridized carbons (Fsp3) is 0.286. The number of urea groups is 1. The van der Waals surface area contributed by atoms with Crippen molar-refractivity contribution in [1.29, 1.82) is 0 Å². The molecule has 2 aromatic heterocycles. The summed E-state index contributed by atoms with van der Waals surface area (Å²) in [7, 11) is 0. The molecule has 17 nitrogen and oxygen atoms in total. The molecule has 53 heavy (non-hydrogen) atoms. The summed E-state index contributed by atoms with van der Waals surface area (Å²) in [5.74, 6) is -2.92. The topological polar surface area (TPSA) is 229 Å². The van der Waals surface area contributed by atoms with Crippen LogP contribution in [0.3, 0.4) is 0 Å². The van der Waals surface area contributed by atoms with Gasteiger partial charge in [-0.25, -0.2) is 9.59 Å². The van der Waals surface area contributed by atoms with Crippen LogP contribution in [0.25, 0.3) is 16.6 Å². The van der Waals surface area contributed by atoms with Crippen LogP contribution in [-0.4, -0.2) is 109 Å². The average molecular weight is 745 g/mol. The number of H-pyrrole nitrogens is 1. The predicted octanol–water partition coefficient (Wildman–Crippen LogP) is 3.28. The van der Waals surface area contributed by atoms with Crippen molar-refractivity contribution < 1.29 is 34.1 Å². The molecule has 7 N–H and O–H groups in total. The van der Waals surface area contributed by atoms with Gasteiger partial charge in [-0.2, -0.15) is 4.68 Å². The molecule has 6 rings (SSSR count). The number of aliphatic hydroxyl groups excluding tert-OH is 1. The number of anilines is 3. The van der Waals surface area contributed by atoms with Gasteiger partial charge in [0.1, 0.15) is 12.0 Å². The SMILES string of the molecule is O=C(Nc1cc(Cl)ccc1-n1cnnn1)C(=O)NC(CNc1ccc2[nH]c(C(=O)O)cc2c1)Cc1ccc(NC(=O)N2CCC(OCCO)CC2)cc1. The van der Waals surface area contributed by atoms with Gasteiger partial charge in [0.25, 0.3) is 0 Å². The maximum absolute atomic E-state index is 13.3. The van der Waals surface area contributed by atoms with Crippen LogP contribution < -0.4 is 21.3 Å². The first-order valence-electron chi connectivity index (χ1n) is 16.8. The first kappa shape index (κ1) is 36.7. The zero-order valence-electron chi connectivity index (χ0n) is 28.3. The van der Waals surface area contributed by atoms with Crippen LogP contribution >= 0.6 is 11.6 Å². The Labute approximate surface area is 307 Å². The number of carboxylic acid groups (broad SMARTS) is 1. The molecular formula is C35H37ClN10O7. The first-order valence-corrected chi connectivity index (χ1v) is 17.1. The number of nitrogens with zero attached hydrogens (tertiary/aromatic N) is 5. The minimum Gasteiger partial charge on any atom is -0.477 e. The molecule has 0 bridgehead atoms. The molecule has 0 spiro atoms. The molecule has 0 radical (unpaired) electrons. The van der Waals surface area contributed by atoms with Crippen LogP contribution in [0, 0.1) is 0 Å². The standard InChI is InChI=1S/C35H37ClN10O7/c36-23-3-8-31(46-20-38-43-44-46)29(18-23)42-33(49)32(48)39-26(19-37-25-6-7-28-22(16-25)17-30(41-28)34(50)51)15-21-1-4-24(5-2-21)40-35(52)45-11-9-27(10-12-45)53-14-13-47/h1-8,16-18,20,26-27,37,41,47H,9-15,19H2,(H,39,48)(H,40,52)(H,42,49)(H,50,51). The van der Waals surface area contributed by atoms with Crippen molar-refractivity contribution >= 4 is 63.4 Å². The molecule has 1 saturated heterocycles. The fourth-order valence-corrected chi connectivity index (χ4v) is 6.11. The average Bonchev–Trinajstić information content (AvgIpc) is 3.85. The lowest BCUT2D eigenvalue weighted by molar-refractivity contribution is -0.136. The maximum Gasteiger partial charge on any atom is 0.352 e. The summed E-state index contributed by atoms with van der Waals surface area (Å²) in [6.07, 6.45) is 3.04. The van der Waals surface area contributed by atoms with Gasteiger partial charge in [-0.1, -0.05) is 23.7 Å². The van der Waals surface area contributed by atoms with Gasteiger partial charge >= 0.3 is 23.8 Å². The van der Waals surface area contributed by atoms with Gasteiger partial charge < -0.3 is 46.1 Å². The van der Waals surface area contributed by atoms with Crippen LogP contribution in [0.2, 0.25) is 5.02 Å². The molecular weight excluding hydrogens is 708 g/mol. The summed E-state index contributed by atoms with van der Waals surface area (Å²) in [5, 5.41) is 42.0. The molecule has 1 atom stereocenters. The number of rotatable bonds is 13. The molecule has 5 aromatic rings. The highest BCUT2D eigenvalue weighted by molar-refractivity contribution is 6.40. The van der Waals surface area contributed by atoms with Gasteiger partial charge in [0.05, 0.1) is 36.7 Å². The molecule has 276 valence electrons. The van der Waals surface area contributed by atoms with E-state index < -0.39 is 23.8 Å². The molecule has 1 fully saturated rings. The second kappa shape index (κ2) is 17.0. The number of fused-ring (bicyclic) bond motifs is 1. The van der Waals surface area contributed by atoms with Crippen molar-refractivity contribution in [2.75, 3.05) is 48.8 Å². The minimum atomic E-state index is -1.07. The number of aromatic carboxylic acids is 1. The van der Waals surface area contributed by atoms with Crippen LogP contribution in [0.1, 0.15) is 28.9 Å². The Hall–Kier alpha value is -6.04. The third-order valence-electron chi connectivity index (χ3n) is 8.61. The summed E-state index contributed by atoms with van der Waals surface area (Å²) < 4.78 is 6.90. The van der Waals surface area contributed by atoms with Crippen LogP contribution in [0.15, 0.2) is 73.1 Å². The Morgan fingerprint density at radius 3 is 2.45 bits per heavy atom. The number of hydrogen-bond donors (Lipinski definition) is 7. The largest absolute Gasteiger partial charge is 0.477 e. The Balaban J connectivity index is 1.12. The van der Waals surface area contributed by atoms with Crippen LogP contribution in [0.4, 0.5) is 21.9 Å². The lowest BCUT2D eigenvalue weighted by Gasteiger charge is -2.31. The summed E-state index contributed by atoms with van der Waals surface area (Å²) in [4.78, 5) is 55.4. The van der Waals surface area contributed by atoms with Gasteiger partial charge in [0.2, 0.25) is 0 Å². The number of carboxylic acids is 1. The highest BCUT2D eigenvalue weighted by Gasteiger charge is 2.24. The number of halogens is 1. The van der Waals surface area contributed by atoms with Gasteiger partial charge in [-0.05, 0) is 89.8 Å². The van der Waals surface area contributed by atoms with Gasteiger partial charge in [-0.3, -0.25) is 9.59 Å². The molecule has 3 heterocycles. The third kappa shape index (κ3) is 9.65. The Kier molecular flexibility index (Phi) is 11.8. The minimum absolute atomic E-state index is 0.0207. The Morgan fingerprint density at radius 2 is 1.74 bits per heavy atom. The van der Waals surface area contributed by atoms with E-state index in [-0.39, 0.29) is 43.3 Å². The van der Waals surface area contributed by atoms with Crippen molar-refractivity contribution in [2.24, 2.45) is 0 Å². The number of aliphatic hydroxyl groups is 1. The van der Waals surface area contributed by atoms with Crippen molar-refractivity contribution in [1.82, 2.24) is 35.4 Å². The van der Waals surface area contributed by atoms with E-state index in [1.165, 1.54) is 23.1 Å². The molecule has 1 aliphatic heterocycles. The summed E-state index contributed by atoms with van der Waals surface area (Å²) >= 11 is 6.18. The van der Waals surface area contributed by atoms with E-state index in [1.807, 2.05) is 12.1 Å². The highest BCUT2D eigenvalue weighted by Crippen LogP contribution is 2.24. The van der Waals surface area contributed by atoms with E-state index >= 15 is 0 Å². The van der Waals surface area contributed by atoms with Crippen molar-refractivity contribution in [2.45, 2.75) is 31.4 Å². The Bertz CT molecular complexity index is 2070. The molecule has 3 aromatic carbocycles. The summed E-state index contributed by atoms with van der Waals surface area (Å²) in [6, 6.07) is 17.9. The first-order chi connectivity index (χ1) is 25.6. The highest BCUT2D eigenvalue weighted by atomic mass is 35.5. The number of benzene rings is 3. The van der Waals surface area contributed by atoms with Crippen molar-refractivity contribution in [3.8, 4) is 5.69 Å². The molecule has 1 unspecified atom stereocenters. The van der Waals surface area contributed by atoms with Crippen molar-refractivity contribution in [3.63, 3.8) is 0 Å². The smallest absolute Gasteiger partial charge is 0.352 e. The molecule has 0 aliphatic carbocycles.